The van der Waals surface area contributed by atoms with Crippen LogP contribution in [0, 0.1) is 43.6 Å². The van der Waals surface area contributed by atoms with E-state index in [0.29, 0.717) is 0 Å². The monoisotopic (exact) mass is 383 g/mol. The number of hydrogen-bond donors (Lipinski definition) is 1. The summed E-state index contributed by atoms with van der Waals surface area (Å²) in [5.74, 6) is -2.39. The second-order valence-electron chi connectivity index (χ2n) is 7.11. The number of nitriles is 2. The first-order valence-corrected chi connectivity index (χ1v) is 8.45. The lowest BCUT2D eigenvalue weighted by Gasteiger charge is -2.26. The van der Waals surface area contributed by atoms with Crippen LogP contribution < -0.4 is 15.2 Å². The van der Waals surface area contributed by atoms with Gasteiger partial charge < -0.3 is 24.7 Å². The van der Waals surface area contributed by atoms with Crippen molar-refractivity contribution in [2.75, 3.05) is 13.4 Å². The van der Waals surface area contributed by atoms with Crippen molar-refractivity contribution in [2.45, 2.75) is 24.9 Å². The molecule has 142 valence electrons. The number of rotatable bonds is 2. The van der Waals surface area contributed by atoms with E-state index in [4.69, 9.17) is 24.7 Å². The van der Waals surface area contributed by atoms with Gasteiger partial charge in [0, 0.05) is 11.5 Å². The quantitative estimate of drug-likeness (QED) is 0.576. The summed E-state index contributed by atoms with van der Waals surface area (Å²) < 4.78 is 22.1. The summed E-state index contributed by atoms with van der Waals surface area (Å²) in [6, 6.07) is 6.82. The Morgan fingerprint density at radius 1 is 1.32 bits per heavy atom. The van der Waals surface area contributed by atoms with Crippen molar-refractivity contribution in [1.29, 1.82) is 10.5 Å². The molecule has 0 radical (unpaired) electrons. The van der Waals surface area contributed by atoms with Gasteiger partial charge in [0.15, 0.2) is 16.9 Å². The predicted octanol–water partition coefficient (Wildman–Crippen LogP) is 0.901. The highest BCUT2D eigenvalue weighted by atomic mass is 16.8. The van der Waals surface area contributed by atoms with E-state index in [0.717, 1.165) is 0 Å². The second-order valence-corrected chi connectivity index (χ2v) is 7.11. The molecule has 5 rings (SSSR count). The third kappa shape index (κ3) is 1.54. The van der Waals surface area contributed by atoms with E-state index < -0.39 is 27.6 Å². The normalized spacial score (nSPS) is 39.2. The zero-order chi connectivity index (χ0) is 19.9. The number of ether oxygens (including phenoxy) is 4. The van der Waals surface area contributed by atoms with Gasteiger partial charge in [0.1, 0.15) is 11.3 Å². The first-order chi connectivity index (χ1) is 13.4. The number of nitro groups is 1. The van der Waals surface area contributed by atoms with Gasteiger partial charge in [0.05, 0.1) is 35.8 Å². The van der Waals surface area contributed by atoms with Crippen LogP contribution in [0.15, 0.2) is 17.1 Å². The number of fused-ring (bicyclic) bond motifs is 3. The molecule has 1 saturated carbocycles. The fourth-order valence-corrected chi connectivity index (χ4v) is 4.66. The SMILES string of the molecule is CC1COC2(N=C(N)C3(C#N)C(c4cc5c(cc4[N+](=O)[O-])OCO5)C23C#N)O1. The zero-order valence-corrected chi connectivity index (χ0v) is 14.5. The van der Waals surface area contributed by atoms with E-state index in [1.54, 1.807) is 6.92 Å². The lowest BCUT2D eigenvalue weighted by atomic mass is 9.93. The molecule has 5 atom stereocenters. The van der Waals surface area contributed by atoms with Crippen LogP contribution in [0.1, 0.15) is 18.4 Å². The zero-order valence-electron chi connectivity index (χ0n) is 14.5. The van der Waals surface area contributed by atoms with Crippen molar-refractivity contribution >= 4 is 11.5 Å². The number of nitrogens with two attached hydrogens (primary N) is 1. The molecule has 1 aromatic rings. The number of benzene rings is 1. The molecular formula is C17H13N5O6. The number of aliphatic imine (C=N–C) groups is 1. The minimum atomic E-state index is -1.78. The smallest absolute Gasteiger partial charge is 0.293 e. The molecule has 0 aromatic heterocycles. The molecule has 1 saturated heterocycles. The molecule has 0 bridgehead atoms. The summed E-state index contributed by atoms with van der Waals surface area (Å²) in [6.07, 6.45) is -0.385. The summed E-state index contributed by atoms with van der Waals surface area (Å²) in [5, 5.41) is 31.9. The van der Waals surface area contributed by atoms with Gasteiger partial charge in [0.2, 0.25) is 6.79 Å². The van der Waals surface area contributed by atoms with Crippen LogP contribution in [0.3, 0.4) is 0 Å². The summed E-state index contributed by atoms with van der Waals surface area (Å²) in [4.78, 5) is 15.3. The first-order valence-electron chi connectivity index (χ1n) is 8.45. The van der Waals surface area contributed by atoms with E-state index in [-0.39, 0.29) is 48.1 Å². The Kier molecular flexibility index (Phi) is 2.93. The second kappa shape index (κ2) is 4.90. The van der Waals surface area contributed by atoms with Crippen LogP contribution in [0.4, 0.5) is 5.69 Å². The summed E-state index contributed by atoms with van der Waals surface area (Å²) in [6.45, 7) is 1.81. The van der Waals surface area contributed by atoms with E-state index in [1.807, 2.05) is 0 Å². The molecule has 1 aromatic carbocycles. The molecule has 3 heterocycles. The van der Waals surface area contributed by atoms with Crippen LogP contribution >= 0.6 is 0 Å². The van der Waals surface area contributed by atoms with Gasteiger partial charge in [-0.3, -0.25) is 10.1 Å². The molecule has 3 aliphatic heterocycles. The van der Waals surface area contributed by atoms with E-state index in [1.165, 1.54) is 12.1 Å². The lowest BCUT2D eigenvalue weighted by molar-refractivity contribution is -0.385. The van der Waals surface area contributed by atoms with Crippen molar-refractivity contribution in [1.82, 2.24) is 0 Å². The van der Waals surface area contributed by atoms with Crippen LogP contribution in [0.5, 0.6) is 11.5 Å². The van der Waals surface area contributed by atoms with Gasteiger partial charge >= 0.3 is 0 Å². The van der Waals surface area contributed by atoms with Gasteiger partial charge in [-0.2, -0.15) is 10.5 Å². The van der Waals surface area contributed by atoms with Crippen molar-refractivity contribution in [2.24, 2.45) is 21.6 Å². The maximum absolute atomic E-state index is 11.7. The molecule has 1 spiro atoms. The molecule has 0 amide bonds. The molecule has 2 N–H and O–H groups in total. The standard InChI is InChI=1S/C17H13N5O6/c1-8-4-27-17(28-8)16(6-19)13(15(16,5-18)14(20)21-17)9-2-11-12(26-7-25-11)3-10(9)22(23)24/h2-3,8,13H,4,7H2,1H3,(H2,20,21). The minimum absolute atomic E-state index is 0.0787. The highest BCUT2D eigenvalue weighted by molar-refractivity contribution is 6.00. The van der Waals surface area contributed by atoms with E-state index in [2.05, 4.69) is 17.1 Å². The number of amidine groups is 1. The average molecular weight is 383 g/mol. The molecule has 2 fully saturated rings. The molecule has 28 heavy (non-hydrogen) atoms. The third-order valence-corrected chi connectivity index (χ3v) is 5.83. The lowest BCUT2D eigenvalue weighted by Crippen LogP contribution is -2.39. The fourth-order valence-electron chi connectivity index (χ4n) is 4.66. The Bertz CT molecular complexity index is 1060. The third-order valence-electron chi connectivity index (χ3n) is 5.83. The molecule has 1 aliphatic carbocycles. The van der Waals surface area contributed by atoms with Gasteiger partial charge in [0.25, 0.3) is 11.6 Å². The van der Waals surface area contributed by atoms with Gasteiger partial charge in [-0.25, -0.2) is 4.99 Å². The Balaban J connectivity index is 1.75. The topological polar surface area (TPSA) is 166 Å². The van der Waals surface area contributed by atoms with Gasteiger partial charge in [-0.1, -0.05) is 0 Å². The molecule has 11 heteroatoms. The fraction of sp³-hybridized carbons (Fsp3) is 0.471. The molecular weight excluding hydrogens is 370 g/mol. The minimum Gasteiger partial charge on any atom is -0.454 e. The summed E-state index contributed by atoms with van der Waals surface area (Å²) in [5.41, 5.74) is 2.65. The van der Waals surface area contributed by atoms with Crippen LogP contribution in [0.25, 0.3) is 0 Å². The van der Waals surface area contributed by atoms with Crippen molar-refractivity contribution in [3.05, 3.63) is 27.8 Å². The van der Waals surface area contributed by atoms with E-state index >= 15 is 0 Å². The van der Waals surface area contributed by atoms with Crippen LogP contribution in [0.2, 0.25) is 0 Å². The Morgan fingerprint density at radius 2 is 2.04 bits per heavy atom. The number of nitro benzene ring substituents is 1. The largest absolute Gasteiger partial charge is 0.454 e. The van der Waals surface area contributed by atoms with Crippen molar-refractivity contribution < 1.29 is 23.9 Å². The van der Waals surface area contributed by atoms with E-state index in [9.17, 15) is 20.6 Å². The maximum Gasteiger partial charge on any atom is 0.293 e. The number of hydrogen-bond acceptors (Lipinski definition) is 10. The first kappa shape index (κ1) is 16.7. The summed E-state index contributed by atoms with van der Waals surface area (Å²) in [7, 11) is 0. The Hall–Kier alpha value is -3.41. The van der Waals surface area contributed by atoms with Crippen molar-refractivity contribution in [3.63, 3.8) is 0 Å². The highest BCUT2D eigenvalue weighted by Crippen LogP contribution is 2.83. The summed E-state index contributed by atoms with van der Waals surface area (Å²) >= 11 is 0. The van der Waals surface area contributed by atoms with Crippen molar-refractivity contribution in [3.8, 4) is 23.6 Å². The average Bonchev–Trinajstić information content (AvgIpc) is 2.95. The highest BCUT2D eigenvalue weighted by Gasteiger charge is 2.95. The molecule has 5 unspecified atom stereocenters. The van der Waals surface area contributed by atoms with Gasteiger partial charge in [-0.15, -0.1) is 0 Å². The predicted molar refractivity (Wildman–Crippen MR) is 88.9 cm³/mol. The number of nitrogens with zero attached hydrogens (tertiary/aromatic N) is 4. The Morgan fingerprint density at radius 3 is 2.61 bits per heavy atom. The molecule has 11 nitrogen and oxygen atoms in total. The van der Waals surface area contributed by atoms with Gasteiger partial charge in [-0.05, 0) is 13.0 Å². The van der Waals surface area contributed by atoms with Crippen LogP contribution in [-0.4, -0.2) is 36.2 Å². The Labute approximate surface area is 158 Å². The van der Waals surface area contributed by atoms with Crippen LogP contribution in [-0.2, 0) is 9.47 Å². The molecule has 4 aliphatic rings. The maximum atomic E-state index is 11.7.